The third kappa shape index (κ3) is 4.98. The van der Waals surface area contributed by atoms with E-state index < -0.39 is 0 Å². The lowest BCUT2D eigenvalue weighted by Gasteiger charge is -2.36. The Balaban J connectivity index is 2.30. The van der Waals surface area contributed by atoms with Crippen molar-refractivity contribution in [2.75, 3.05) is 19.6 Å². The second-order valence-electron chi connectivity index (χ2n) is 6.05. The summed E-state index contributed by atoms with van der Waals surface area (Å²) < 4.78 is 0. The van der Waals surface area contributed by atoms with Crippen LogP contribution in [0.15, 0.2) is 0 Å². The Morgan fingerprint density at radius 1 is 1.20 bits per heavy atom. The first-order chi connectivity index (χ1) is 6.97. The molecule has 1 aliphatic heterocycles. The van der Waals surface area contributed by atoms with E-state index in [0.717, 1.165) is 30.7 Å². The van der Waals surface area contributed by atoms with Crippen LogP contribution >= 0.6 is 0 Å². The molecule has 0 aromatic rings. The van der Waals surface area contributed by atoms with Crippen molar-refractivity contribution in [3.05, 3.63) is 0 Å². The van der Waals surface area contributed by atoms with Crippen LogP contribution in [0.5, 0.6) is 0 Å². The van der Waals surface area contributed by atoms with Crippen molar-refractivity contribution in [2.24, 2.45) is 23.5 Å². The number of hydrogen-bond donors (Lipinski definition) is 1. The predicted molar refractivity (Wildman–Crippen MR) is 66.8 cm³/mol. The first-order valence-corrected chi connectivity index (χ1v) is 6.45. The van der Waals surface area contributed by atoms with Crippen LogP contribution in [0.3, 0.4) is 0 Å². The van der Waals surface area contributed by atoms with Gasteiger partial charge in [-0.1, -0.05) is 27.7 Å². The topological polar surface area (TPSA) is 29.3 Å². The summed E-state index contributed by atoms with van der Waals surface area (Å²) in [6.07, 6.45) is 2.54. The summed E-state index contributed by atoms with van der Waals surface area (Å²) in [6.45, 7) is 12.8. The third-order valence-electron chi connectivity index (χ3n) is 3.21. The highest BCUT2D eigenvalue weighted by atomic mass is 15.1. The zero-order chi connectivity index (χ0) is 11.4. The van der Waals surface area contributed by atoms with E-state index in [0.29, 0.717) is 6.04 Å². The maximum Gasteiger partial charge on any atom is 0.0170 e. The van der Waals surface area contributed by atoms with E-state index >= 15 is 0 Å². The Morgan fingerprint density at radius 3 is 2.20 bits per heavy atom. The molecule has 0 aromatic heterocycles. The number of rotatable bonds is 4. The number of likely N-dealkylation sites (tertiary alicyclic amines) is 1. The average molecular weight is 212 g/mol. The van der Waals surface area contributed by atoms with Gasteiger partial charge in [0.1, 0.15) is 0 Å². The summed E-state index contributed by atoms with van der Waals surface area (Å²) in [4.78, 5) is 2.56. The van der Waals surface area contributed by atoms with Crippen LogP contribution in [0.2, 0.25) is 0 Å². The molecular weight excluding hydrogens is 184 g/mol. The first kappa shape index (κ1) is 13.0. The quantitative estimate of drug-likeness (QED) is 0.775. The Hall–Kier alpha value is -0.0800. The fourth-order valence-corrected chi connectivity index (χ4v) is 2.95. The van der Waals surface area contributed by atoms with Crippen molar-refractivity contribution < 1.29 is 0 Å². The van der Waals surface area contributed by atoms with Gasteiger partial charge in [0.2, 0.25) is 0 Å². The monoisotopic (exact) mass is 212 g/mol. The second kappa shape index (κ2) is 5.86. The summed E-state index contributed by atoms with van der Waals surface area (Å²) in [5, 5.41) is 0. The van der Waals surface area contributed by atoms with Gasteiger partial charge in [-0.2, -0.15) is 0 Å². The Bertz CT molecular complexity index is 169. The summed E-state index contributed by atoms with van der Waals surface area (Å²) >= 11 is 0. The first-order valence-electron chi connectivity index (χ1n) is 6.45. The van der Waals surface area contributed by atoms with Crippen molar-refractivity contribution in [1.29, 1.82) is 0 Å². The number of piperidine rings is 1. The van der Waals surface area contributed by atoms with Crippen molar-refractivity contribution in [3.63, 3.8) is 0 Å². The molecule has 0 saturated carbocycles. The minimum absolute atomic E-state index is 0.363. The molecule has 2 heteroatoms. The molecule has 1 aliphatic rings. The molecule has 15 heavy (non-hydrogen) atoms. The highest BCUT2D eigenvalue weighted by Crippen LogP contribution is 2.21. The van der Waals surface area contributed by atoms with E-state index in [-0.39, 0.29) is 0 Å². The lowest BCUT2D eigenvalue weighted by molar-refractivity contribution is 0.131. The summed E-state index contributed by atoms with van der Waals surface area (Å²) in [5.74, 6) is 2.42. The second-order valence-corrected chi connectivity index (χ2v) is 6.05. The molecule has 2 N–H and O–H groups in total. The smallest absolute Gasteiger partial charge is 0.0170 e. The van der Waals surface area contributed by atoms with Crippen LogP contribution in [0.1, 0.15) is 40.5 Å². The van der Waals surface area contributed by atoms with Gasteiger partial charge in [-0.25, -0.2) is 0 Å². The molecular formula is C13H28N2. The summed E-state index contributed by atoms with van der Waals surface area (Å²) in [7, 11) is 0. The molecule has 1 rings (SSSR count). The molecule has 0 aliphatic carbocycles. The molecule has 90 valence electrons. The normalized spacial score (nSPS) is 30.8. The van der Waals surface area contributed by atoms with Gasteiger partial charge in [0.05, 0.1) is 0 Å². The molecule has 1 heterocycles. The number of nitrogens with two attached hydrogens (primary N) is 1. The predicted octanol–water partition coefficient (Wildman–Crippen LogP) is 2.34. The minimum atomic E-state index is 0.363. The van der Waals surface area contributed by atoms with Crippen molar-refractivity contribution >= 4 is 0 Å². The lowest BCUT2D eigenvalue weighted by Crippen LogP contribution is -2.45. The zero-order valence-corrected chi connectivity index (χ0v) is 10.9. The number of hydrogen-bond acceptors (Lipinski definition) is 2. The van der Waals surface area contributed by atoms with Gasteiger partial charge < -0.3 is 10.6 Å². The Morgan fingerprint density at radius 2 is 1.73 bits per heavy atom. The maximum atomic E-state index is 6.15. The van der Waals surface area contributed by atoms with E-state index in [1.165, 1.54) is 19.5 Å². The van der Waals surface area contributed by atoms with Crippen molar-refractivity contribution in [1.82, 2.24) is 4.90 Å². The van der Waals surface area contributed by atoms with Crippen molar-refractivity contribution in [3.8, 4) is 0 Å². The van der Waals surface area contributed by atoms with Gasteiger partial charge in [-0.15, -0.1) is 0 Å². The molecule has 0 bridgehead atoms. The van der Waals surface area contributed by atoms with Crippen LogP contribution < -0.4 is 5.73 Å². The fourth-order valence-electron chi connectivity index (χ4n) is 2.95. The summed E-state index contributed by atoms with van der Waals surface area (Å²) in [6, 6.07) is 0.363. The van der Waals surface area contributed by atoms with E-state index in [4.69, 9.17) is 5.73 Å². The standard InChI is InChI=1S/C13H28N2/c1-10(2)5-13(14)9-15-7-11(3)6-12(4)8-15/h10-13H,5-9,14H2,1-4H3. The Kier molecular flexibility index (Phi) is 5.07. The molecule has 0 radical (unpaired) electrons. The van der Waals surface area contributed by atoms with Crippen LogP contribution in [0.4, 0.5) is 0 Å². The molecule has 3 unspecified atom stereocenters. The van der Waals surface area contributed by atoms with Gasteiger partial charge in [0, 0.05) is 25.7 Å². The van der Waals surface area contributed by atoms with E-state index in [9.17, 15) is 0 Å². The highest BCUT2D eigenvalue weighted by Gasteiger charge is 2.22. The summed E-state index contributed by atoms with van der Waals surface area (Å²) in [5.41, 5.74) is 6.15. The van der Waals surface area contributed by atoms with Gasteiger partial charge >= 0.3 is 0 Å². The molecule has 3 atom stereocenters. The SMILES string of the molecule is CC(C)CC(N)CN1CC(C)CC(C)C1. The highest BCUT2D eigenvalue weighted by molar-refractivity contribution is 4.78. The average Bonchev–Trinajstić information content (AvgIpc) is 1.98. The van der Waals surface area contributed by atoms with E-state index in [2.05, 4.69) is 32.6 Å². The lowest BCUT2D eigenvalue weighted by atomic mass is 9.91. The minimum Gasteiger partial charge on any atom is -0.327 e. The van der Waals surface area contributed by atoms with Crippen LogP contribution in [-0.2, 0) is 0 Å². The van der Waals surface area contributed by atoms with Gasteiger partial charge in [0.25, 0.3) is 0 Å². The molecule has 2 nitrogen and oxygen atoms in total. The molecule has 1 fully saturated rings. The van der Waals surface area contributed by atoms with Crippen LogP contribution in [0.25, 0.3) is 0 Å². The Labute approximate surface area is 95.2 Å². The zero-order valence-electron chi connectivity index (χ0n) is 10.9. The van der Waals surface area contributed by atoms with Crippen molar-refractivity contribution in [2.45, 2.75) is 46.6 Å². The molecule has 0 amide bonds. The molecule has 1 saturated heterocycles. The van der Waals surface area contributed by atoms with Gasteiger partial charge in [-0.3, -0.25) is 0 Å². The fraction of sp³-hybridized carbons (Fsp3) is 1.00. The van der Waals surface area contributed by atoms with Gasteiger partial charge in [-0.05, 0) is 30.6 Å². The third-order valence-corrected chi connectivity index (χ3v) is 3.21. The molecule has 0 aromatic carbocycles. The largest absolute Gasteiger partial charge is 0.327 e. The van der Waals surface area contributed by atoms with Crippen LogP contribution in [-0.4, -0.2) is 30.6 Å². The van der Waals surface area contributed by atoms with E-state index in [1.807, 2.05) is 0 Å². The van der Waals surface area contributed by atoms with E-state index in [1.54, 1.807) is 0 Å². The van der Waals surface area contributed by atoms with Crippen LogP contribution in [0, 0.1) is 17.8 Å². The maximum absolute atomic E-state index is 6.15. The van der Waals surface area contributed by atoms with Gasteiger partial charge in [0.15, 0.2) is 0 Å². The molecule has 0 spiro atoms. The number of nitrogens with zero attached hydrogens (tertiary/aromatic N) is 1.